The Balaban J connectivity index is 1.82. The summed E-state index contributed by atoms with van der Waals surface area (Å²) in [5.74, 6) is 0.747. The van der Waals surface area contributed by atoms with Crippen LogP contribution in [0.15, 0.2) is 53.4 Å². The first-order valence-electron chi connectivity index (χ1n) is 8.22. The first kappa shape index (κ1) is 17.7. The van der Waals surface area contributed by atoms with Gasteiger partial charge < -0.3 is 4.74 Å². The van der Waals surface area contributed by atoms with Crippen molar-refractivity contribution in [3.8, 4) is 5.75 Å². The van der Waals surface area contributed by atoms with Crippen LogP contribution in [0.1, 0.15) is 25.0 Å². The van der Waals surface area contributed by atoms with Gasteiger partial charge in [0.1, 0.15) is 5.75 Å². The highest BCUT2D eigenvalue weighted by atomic mass is 32.2. The molecule has 0 N–H and O–H groups in total. The van der Waals surface area contributed by atoms with Gasteiger partial charge >= 0.3 is 0 Å². The molecular formula is C20H19NO2S2. The Labute approximate surface area is 157 Å². The van der Waals surface area contributed by atoms with Gasteiger partial charge in [-0.15, -0.1) is 0 Å². The van der Waals surface area contributed by atoms with Crippen molar-refractivity contribution in [1.29, 1.82) is 0 Å². The molecule has 0 saturated carbocycles. The van der Waals surface area contributed by atoms with Crippen LogP contribution >= 0.6 is 24.0 Å². The molecule has 2 aromatic rings. The molecule has 1 saturated heterocycles. The summed E-state index contributed by atoms with van der Waals surface area (Å²) in [5, 5.41) is 0. The van der Waals surface area contributed by atoms with E-state index in [1.807, 2.05) is 61.5 Å². The lowest BCUT2D eigenvalue weighted by Gasteiger charge is -2.14. The summed E-state index contributed by atoms with van der Waals surface area (Å²) in [4.78, 5) is 15.0. The molecule has 1 amide bonds. The van der Waals surface area contributed by atoms with Crippen LogP contribution in [-0.2, 0) is 11.2 Å². The monoisotopic (exact) mass is 369 g/mol. The zero-order valence-corrected chi connectivity index (χ0v) is 15.8. The number of rotatable bonds is 5. The van der Waals surface area contributed by atoms with Crippen molar-refractivity contribution in [2.24, 2.45) is 0 Å². The Kier molecular flexibility index (Phi) is 5.56. The average Bonchev–Trinajstić information content (AvgIpc) is 2.90. The van der Waals surface area contributed by atoms with E-state index in [4.69, 9.17) is 17.0 Å². The second kappa shape index (κ2) is 7.85. The number of hydrogen-bond acceptors (Lipinski definition) is 4. The molecule has 0 spiro atoms. The van der Waals surface area contributed by atoms with Crippen molar-refractivity contribution in [2.45, 2.75) is 20.3 Å². The Hall–Kier alpha value is -2.11. The van der Waals surface area contributed by atoms with Gasteiger partial charge in [0.05, 0.1) is 17.2 Å². The van der Waals surface area contributed by atoms with Gasteiger partial charge in [0.2, 0.25) is 0 Å². The number of nitrogens with zero attached hydrogens (tertiary/aromatic N) is 1. The predicted molar refractivity (Wildman–Crippen MR) is 109 cm³/mol. The van der Waals surface area contributed by atoms with Gasteiger partial charge in [-0.3, -0.25) is 9.69 Å². The predicted octanol–water partition coefficient (Wildman–Crippen LogP) is 5.05. The number of hydrogen-bond donors (Lipinski definition) is 0. The fraction of sp³-hybridized carbons (Fsp3) is 0.200. The average molecular weight is 370 g/mol. The van der Waals surface area contributed by atoms with Crippen LogP contribution in [0.2, 0.25) is 0 Å². The van der Waals surface area contributed by atoms with Crippen LogP contribution < -0.4 is 9.64 Å². The molecule has 0 unspecified atom stereocenters. The number of carbonyl (C=O) groups is 1. The molecule has 3 nitrogen and oxygen atoms in total. The highest BCUT2D eigenvalue weighted by Crippen LogP contribution is 2.36. The Morgan fingerprint density at radius 2 is 1.76 bits per heavy atom. The first-order valence-corrected chi connectivity index (χ1v) is 9.44. The Morgan fingerprint density at radius 3 is 2.36 bits per heavy atom. The smallest absolute Gasteiger partial charge is 0.270 e. The van der Waals surface area contributed by atoms with E-state index in [2.05, 4.69) is 6.92 Å². The van der Waals surface area contributed by atoms with E-state index in [0.717, 1.165) is 23.4 Å². The maximum atomic E-state index is 12.8. The molecule has 5 heteroatoms. The third-order valence-electron chi connectivity index (χ3n) is 3.89. The fourth-order valence-corrected chi connectivity index (χ4v) is 3.85. The number of aryl methyl sites for hydroxylation is 1. The van der Waals surface area contributed by atoms with E-state index < -0.39 is 0 Å². The molecule has 25 heavy (non-hydrogen) atoms. The van der Waals surface area contributed by atoms with Crippen molar-refractivity contribution in [3.05, 3.63) is 64.6 Å². The van der Waals surface area contributed by atoms with Crippen LogP contribution in [-0.4, -0.2) is 16.8 Å². The molecule has 0 atom stereocenters. The summed E-state index contributed by atoms with van der Waals surface area (Å²) in [5.41, 5.74) is 3.00. The van der Waals surface area contributed by atoms with E-state index in [1.165, 1.54) is 17.3 Å². The Morgan fingerprint density at radius 1 is 1.08 bits per heavy atom. The molecule has 2 aromatic carbocycles. The van der Waals surface area contributed by atoms with Gasteiger partial charge in [0.15, 0.2) is 4.32 Å². The lowest BCUT2D eigenvalue weighted by molar-refractivity contribution is -0.113. The van der Waals surface area contributed by atoms with Gasteiger partial charge in [0, 0.05) is 0 Å². The second-order valence-corrected chi connectivity index (χ2v) is 7.21. The number of benzene rings is 2. The highest BCUT2D eigenvalue weighted by molar-refractivity contribution is 8.27. The van der Waals surface area contributed by atoms with Crippen molar-refractivity contribution < 1.29 is 9.53 Å². The Bertz CT molecular complexity index is 811. The second-order valence-electron chi connectivity index (χ2n) is 5.54. The van der Waals surface area contributed by atoms with Crippen molar-refractivity contribution in [3.63, 3.8) is 0 Å². The fourth-order valence-electron chi connectivity index (χ4n) is 2.55. The lowest BCUT2D eigenvalue weighted by atomic mass is 10.1. The number of amides is 1. The first-order chi connectivity index (χ1) is 12.1. The van der Waals surface area contributed by atoms with E-state index in [1.54, 1.807) is 4.90 Å². The summed E-state index contributed by atoms with van der Waals surface area (Å²) in [6.07, 6.45) is 2.84. The van der Waals surface area contributed by atoms with Crippen molar-refractivity contribution in [1.82, 2.24) is 0 Å². The molecule has 1 fully saturated rings. The minimum atomic E-state index is -0.0758. The van der Waals surface area contributed by atoms with Gasteiger partial charge in [-0.1, -0.05) is 55.2 Å². The molecule has 0 bridgehead atoms. The third kappa shape index (κ3) is 3.94. The van der Waals surface area contributed by atoms with Crippen LogP contribution in [0.3, 0.4) is 0 Å². The van der Waals surface area contributed by atoms with Crippen LogP contribution in [0.25, 0.3) is 6.08 Å². The summed E-state index contributed by atoms with van der Waals surface area (Å²) in [6, 6.07) is 15.6. The molecule has 0 radical (unpaired) electrons. The number of carbonyl (C=O) groups excluding carboxylic acids is 1. The van der Waals surface area contributed by atoms with E-state index >= 15 is 0 Å². The normalized spacial score (nSPS) is 15.9. The minimum Gasteiger partial charge on any atom is -0.494 e. The van der Waals surface area contributed by atoms with E-state index in [9.17, 15) is 4.79 Å². The molecule has 0 aliphatic carbocycles. The van der Waals surface area contributed by atoms with Crippen molar-refractivity contribution in [2.75, 3.05) is 11.5 Å². The zero-order valence-electron chi connectivity index (χ0n) is 14.2. The summed E-state index contributed by atoms with van der Waals surface area (Å²) in [6.45, 7) is 4.69. The molecule has 1 heterocycles. The topological polar surface area (TPSA) is 29.5 Å². The number of thioether (sulfide) groups is 1. The maximum Gasteiger partial charge on any atom is 0.270 e. The molecule has 3 rings (SSSR count). The maximum absolute atomic E-state index is 12.8. The van der Waals surface area contributed by atoms with E-state index in [-0.39, 0.29) is 5.91 Å². The van der Waals surface area contributed by atoms with Crippen molar-refractivity contribution >= 4 is 46.0 Å². The lowest BCUT2D eigenvalue weighted by Crippen LogP contribution is -2.27. The van der Waals surface area contributed by atoms with Crippen LogP contribution in [0, 0.1) is 0 Å². The number of ether oxygens (including phenoxy) is 1. The van der Waals surface area contributed by atoms with Gasteiger partial charge in [-0.05, 0) is 54.8 Å². The van der Waals surface area contributed by atoms with Gasteiger partial charge in [0.25, 0.3) is 5.91 Å². The quantitative estimate of drug-likeness (QED) is 0.545. The van der Waals surface area contributed by atoms with E-state index in [0.29, 0.717) is 15.8 Å². The van der Waals surface area contributed by atoms with Crippen LogP contribution in [0.4, 0.5) is 5.69 Å². The summed E-state index contributed by atoms with van der Waals surface area (Å²) in [7, 11) is 0. The number of thiocarbonyl (C=S) groups is 1. The molecule has 0 aromatic heterocycles. The molecule has 128 valence electrons. The van der Waals surface area contributed by atoms with Gasteiger partial charge in [-0.2, -0.15) is 0 Å². The SMILES string of the molecule is CCOc1ccc(C=C2SC(=S)N(c3ccc(CC)cc3)C2=O)cc1. The minimum absolute atomic E-state index is 0.0758. The third-order valence-corrected chi connectivity index (χ3v) is 5.19. The summed E-state index contributed by atoms with van der Waals surface area (Å²) >= 11 is 6.75. The molecular weight excluding hydrogens is 350 g/mol. The molecule has 1 aliphatic heterocycles. The number of anilines is 1. The highest BCUT2D eigenvalue weighted by Gasteiger charge is 2.33. The zero-order chi connectivity index (χ0) is 17.8. The van der Waals surface area contributed by atoms with Crippen LogP contribution in [0.5, 0.6) is 5.75 Å². The molecule has 1 aliphatic rings. The standard InChI is InChI=1S/C20H19NO2S2/c1-3-14-5-9-16(10-6-14)21-19(22)18(25-20(21)24)13-15-7-11-17(12-8-15)23-4-2/h5-13H,3-4H2,1-2H3. The van der Waals surface area contributed by atoms with Gasteiger partial charge in [-0.25, -0.2) is 0 Å². The largest absolute Gasteiger partial charge is 0.494 e. The summed E-state index contributed by atoms with van der Waals surface area (Å²) < 4.78 is 6.00.